The number of thiocarbonyl (C=S) groups is 1. The van der Waals surface area contributed by atoms with Crippen LogP contribution in [-0.4, -0.2) is 23.5 Å². The van der Waals surface area contributed by atoms with Crippen molar-refractivity contribution in [1.29, 1.82) is 0 Å². The Bertz CT molecular complexity index is 748. The van der Waals surface area contributed by atoms with Gasteiger partial charge in [-0.25, -0.2) is 0 Å². The van der Waals surface area contributed by atoms with Crippen molar-refractivity contribution in [3.05, 3.63) is 52.2 Å². The summed E-state index contributed by atoms with van der Waals surface area (Å²) in [6.07, 6.45) is 3.11. The number of ether oxygens (including phenoxy) is 1. The molecule has 0 saturated carbocycles. The second kappa shape index (κ2) is 10.5. The second-order valence-electron chi connectivity index (χ2n) is 5.39. The third kappa shape index (κ3) is 6.12. The fourth-order valence-corrected chi connectivity index (χ4v) is 2.86. The van der Waals surface area contributed by atoms with Gasteiger partial charge in [-0.2, -0.15) is 0 Å². The maximum atomic E-state index is 12.4. The number of amides is 2. The first kappa shape index (κ1) is 19.9. The summed E-state index contributed by atoms with van der Waals surface area (Å²) in [5.41, 5.74) is 5.34. The molecule has 1 aromatic carbocycles. The van der Waals surface area contributed by atoms with Crippen LogP contribution in [0.15, 0.2) is 41.8 Å². The molecule has 8 heteroatoms. The van der Waals surface area contributed by atoms with Crippen molar-refractivity contribution in [2.45, 2.75) is 26.2 Å². The summed E-state index contributed by atoms with van der Waals surface area (Å²) < 4.78 is 5.70. The van der Waals surface area contributed by atoms with Gasteiger partial charge < -0.3 is 4.74 Å². The van der Waals surface area contributed by atoms with Gasteiger partial charge in [0.2, 0.25) is 0 Å². The van der Waals surface area contributed by atoms with Crippen LogP contribution in [0.5, 0.6) is 5.75 Å². The van der Waals surface area contributed by atoms with Crippen molar-refractivity contribution < 1.29 is 14.3 Å². The third-order valence-corrected chi connectivity index (χ3v) is 4.47. The fraction of sp³-hybridized carbons (Fsp3) is 0.278. The van der Waals surface area contributed by atoms with E-state index in [0.29, 0.717) is 22.8 Å². The van der Waals surface area contributed by atoms with Crippen molar-refractivity contribution in [3.8, 4) is 5.75 Å². The minimum Gasteiger partial charge on any atom is -0.493 e. The van der Waals surface area contributed by atoms with Crippen molar-refractivity contribution in [2.75, 3.05) is 6.61 Å². The first-order valence-corrected chi connectivity index (χ1v) is 9.57. The van der Waals surface area contributed by atoms with E-state index in [9.17, 15) is 9.59 Å². The summed E-state index contributed by atoms with van der Waals surface area (Å²) in [7, 11) is 0. The molecule has 2 aromatic rings. The van der Waals surface area contributed by atoms with E-state index in [2.05, 4.69) is 23.1 Å². The molecule has 138 valence electrons. The Morgan fingerprint density at radius 2 is 1.88 bits per heavy atom. The number of hydrazine groups is 1. The third-order valence-electron chi connectivity index (χ3n) is 3.40. The van der Waals surface area contributed by atoms with E-state index < -0.39 is 5.91 Å². The van der Waals surface area contributed by atoms with Gasteiger partial charge in [0.1, 0.15) is 5.75 Å². The monoisotopic (exact) mass is 391 g/mol. The molecule has 0 atom stereocenters. The van der Waals surface area contributed by atoms with Gasteiger partial charge in [-0.3, -0.25) is 25.8 Å². The number of benzene rings is 1. The van der Waals surface area contributed by atoms with E-state index in [4.69, 9.17) is 17.0 Å². The molecule has 0 bridgehead atoms. The average molecular weight is 392 g/mol. The van der Waals surface area contributed by atoms with Crippen LogP contribution < -0.4 is 20.9 Å². The van der Waals surface area contributed by atoms with Gasteiger partial charge in [-0.15, -0.1) is 11.3 Å². The molecule has 6 nitrogen and oxygen atoms in total. The van der Waals surface area contributed by atoms with Crippen LogP contribution in [0.2, 0.25) is 0 Å². The van der Waals surface area contributed by atoms with E-state index in [1.165, 1.54) is 11.3 Å². The van der Waals surface area contributed by atoms with Gasteiger partial charge >= 0.3 is 0 Å². The van der Waals surface area contributed by atoms with Crippen LogP contribution >= 0.6 is 23.6 Å². The highest BCUT2D eigenvalue weighted by Gasteiger charge is 2.14. The maximum Gasteiger partial charge on any atom is 0.279 e. The number of unbranched alkanes of at least 4 members (excludes halogenated alkanes) is 2. The van der Waals surface area contributed by atoms with Crippen LogP contribution in [0.1, 0.15) is 46.2 Å². The molecule has 1 aromatic heterocycles. The molecule has 3 N–H and O–H groups in total. The number of rotatable bonds is 7. The van der Waals surface area contributed by atoms with Crippen LogP contribution in [0.3, 0.4) is 0 Å². The molecule has 0 fully saturated rings. The van der Waals surface area contributed by atoms with Gasteiger partial charge in [-0.1, -0.05) is 38.0 Å². The quantitative estimate of drug-likeness (QED) is 0.384. The Morgan fingerprint density at radius 3 is 2.62 bits per heavy atom. The van der Waals surface area contributed by atoms with Crippen LogP contribution in [0.4, 0.5) is 0 Å². The Balaban J connectivity index is 1.86. The predicted octanol–water partition coefficient (Wildman–Crippen LogP) is 3.27. The molecule has 2 rings (SSSR count). The topological polar surface area (TPSA) is 79.5 Å². The van der Waals surface area contributed by atoms with E-state index in [1.807, 2.05) is 6.07 Å². The Morgan fingerprint density at radius 1 is 1.08 bits per heavy atom. The second-order valence-corrected chi connectivity index (χ2v) is 6.75. The van der Waals surface area contributed by atoms with Crippen molar-refractivity contribution in [1.82, 2.24) is 16.2 Å². The Labute approximate surface area is 161 Å². The molecular weight excluding hydrogens is 370 g/mol. The van der Waals surface area contributed by atoms with Crippen LogP contribution in [0, 0.1) is 0 Å². The lowest BCUT2D eigenvalue weighted by Gasteiger charge is -2.13. The van der Waals surface area contributed by atoms with Crippen molar-refractivity contribution >= 4 is 40.5 Å². The lowest BCUT2D eigenvalue weighted by molar-refractivity contribution is 0.0937. The predicted molar refractivity (Wildman–Crippen MR) is 106 cm³/mol. The van der Waals surface area contributed by atoms with E-state index in [1.54, 1.807) is 35.7 Å². The molecule has 26 heavy (non-hydrogen) atoms. The summed E-state index contributed by atoms with van der Waals surface area (Å²) in [5, 5.41) is 4.33. The first-order valence-electron chi connectivity index (χ1n) is 8.28. The van der Waals surface area contributed by atoms with Crippen molar-refractivity contribution in [2.24, 2.45) is 0 Å². The number of carbonyl (C=O) groups is 2. The van der Waals surface area contributed by atoms with Gasteiger partial charge in [0.15, 0.2) is 5.11 Å². The maximum absolute atomic E-state index is 12.4. The number of carbonyl (C=O) groups excluding carboxylic acids is 2. The summed E-state index contributed by atoms with van der Waals surface area (Å²) >= 11 is 6.36. The number of nitrogens with one attached hydrogen (secondary N) is 3. The van der Waals surface area contributed by atoms with Crippen LogP contribution in [0.25, 0.3) is 0 Å². The van der Waals surface area contributed by atoms with Crippen LogP contribution in [-0.2, 0) is 0 Å². The number of hydrogen-bond donors (Lipinski definition) is 3. The zero-order chi connectivity index (χ0) is 18.8. The standard InChI is InChI=1S/C18H21N3O3S2/c1-2-3-6-11-24-14-9-5-4-8-13(14)16(22)19-18(25)21-20-17(23)15-10-7-12-26-15/h4-5,7-10,12H,2-3,6,11H2,1H3,(H,20,23)(H2,19,21,22,25). The zero-order valence-electron chi connectivity index (χ0n) is 14.4. The lowest BCUT2D eigenvalue weighted by Crippen LogP contribution is -2.48. The first-order chi connectivity index (χ1) is 12.6. The van der Waals surface area contributed by atoms with Gasteiger partial charge in [0, 0.05) is 0 Å². The largest absolute Gasteiger partial charge is 0.493 e. The SMILES string of the molecule is CCCCCOc1ccccc1C(=O)NC(=S)NNC(=O)c1cccs1. The van der Waals surface area contributed by atoms with Gasteiger partial charge in [-0.05, 0) is 42.2 Å². The highest BCUT2D eigenvalue weighted by molar-refractivity contribution is 7.80. The normalized spacial score (nSPS) is 10.0. The molecule has 0 unspecified atom stereocenters. The highest BCUT2D eigenvalue weighted by Crippen LogP contribution is 2.18. The Hall–Kier alpha value is -2.45. The molecular formula is C18H21N3O3S2. The molecule has 1 heterocycles. The fourth-order valence-electron chi connectivity index (χ4n) is 2.10. The molecule has 0 aliphatic heterocycles. The highest BCUT2D eigenvalue weighted by atomic mass is 32.1. The number of thiophene rings is 1. The van der Waals surface area contributed by atoms with Gasteiger partial charge in [0.25, 0.3) is 11.8 Å². The molecule has 0 radical (unpaired) electrons. The number of hydrogen-bond acceptors (Lipinski definition) is 5. The van der Waals surface area contributed by atoms with E-state index >= 15 is 0 Å². The number of para-hydroxylation sites is 1. The average Bonchev–Trinajstić information content (AvgIpc) is 3.18. The Kier molecular flexibility index (Phi) is 8.04. The molecule has 0 spiro atoms. The summed E-state index contributed by atoms with van der Waals surface area (Å²) in [4.78, 5) is 24.8. The van der Waals surface area contributed by atoms with Crippen molar-refractivity contribution in [3.63, 3.8) is 0 Å². The van der Waals surface area contributed by atoms with E-state index in [-0.39, 0.29) is 11.0 Å². The lowest BCUT2D eigenvalue weighted by atomic mass is 10.2. The summed E-state index contributed by atoms with van der Waals surface area (Å²) in [6.45, 7) is 2.67. The molecule has 2 amide bonds. The van der Waals surface area contributed by atoms with E-state index in [0.717, 1.165) is 19.3 Å². The zero-order valence-corrected chi connectivity index (χ0v) is 16.0. The molecule has 0 saturated heterocycles. The molecule has 0 aliphatic rings. The minimum absolute atomic E-state index is 0.000641. The smallest absolute Gasteiger partial charge is 0.279 e. The summed E-state index contributed by atoms with van der Waals surface area (Å²) in [5.74, 6) is -0.221. The minimum atomic E-state index is -0.404. The summed E-state index contributed by atoms with van der Waals surface area (Å²) in [6, 6.07) is 10.4. The van der Waals surface area contributed by atoms with Gasteiger partial charge in [0.05, 0.1) is 17.0 Å². The molecule has 0 aliphatic carbocycles.